The Labute approximate surface area is 168 Å². The minimum absolute atomic E-state index is 0.0496. The number of alkyl halides is 3. The van der Waals surface area contributed by atoms with Crippen LogP contribution in [0.3, 0.4) is 0 Å². The fraction of sp³-hybridized carbons (Fsp3) is 0.500. The van der Waals surface area contributed by atoms with Crippen molar-refractivity contribution in [2.45, 2.75) is 37.2 Å². The maximum atomic E-state index is 12.2. The maximum absolute atomic E-state index is 12.2. The molecule has 1 aromatic heterocycles. The number of halogens is 3. The van der Waals surface area contributed by atoms with Crippen molar-refractivity contribution in [1.82, 2.24) is 14.9 Å². The Kier molecular flexibility index (Phi) is 6.33. The topological polar surface area (TPSA) is 144 Å². The number of nitrogens with zero attached hydrogens (tertiary/aromatic N) is 2. The molecule has 1 aromatic carbocycles. The predicted molar refractivity (Wildman–Crippen MR) is 93.6 cm³/mol. The third-order valence-electron chi connectivity index (χ3n) is 4.20. The van der Waals surface area contributed by atoms with Crippen LogP contribution < -0.4 is 9.46 Å². The number of aromatic nitrogens is 2. The van der Waals surface area contributed by atoms with E-state index in [4.69, 9.17) is 9.26 Å². The first-order valence-corrected chi connectivity index (χ1v) is 10.5. The van der Waals surface area contributed by atoms with E-state index in [-0.39, 0.29) is 24.7 Å². The van der Waals surface area contributed by atoms with Crippen molar-refractivity contribution in [3.8, 4) is 17.1 Å². The summed E-state index contributed by atoms with van der Waals surface area (Å²) >= 11 is 0. The molecule has 0 radical (unpaired) electrons. The molecule has 0 amide bonds. The van der Waals surface area contributed by atoms with Crippen LogP contribution in [0.4, 0.5) is 13.2 Å². The van der Waals surface area contributed by atoms with Gasteiger partial charge >= 0.3 is 6.36 Å². The predicted octanol–water partition coefficient (Wildman–Crippen LogP) is 0.216. The van der Waals surface area contributed by atoms with E-state index in [0.29, 0.717) is 5.56 Å². The lowest BCUT2D eigenvalue weighted by Crippen LogP contribution is -2.39. The van der Waals surface area contributed by atoms with Gasteiger partial charge < -0.3 is 24.2 Å². The summed E-state index contributed by atoms with van der Waals surface area (Å²) in [6.45, 7) is -0.227. The Morgan fingerprint density at radius 3 is 2.40 bits per heavy atom. The highest BCUT2D eigenvalue weighted by molar-refractivity contribution is 7.88. The molecule has 2 aromatic rings. The van der Waals surface area contributed by atoms with Crippen molar-refractivity contribution in [1.29, 1.82) is 0 Å². The van der Waals surface area contributed by atoms with Crippen molar-refractivity contribution in [2.75, 3.05) is 12.8 Å². The van der Waals surface area contributed by atoms with Crippen molar-refractivity contribution >= 4 is 10.0 Å². The summed E-state index contributed by atoms with van der Waals surface area (Å²) in [7, 11) is -3.50. The number of benzene rings is 1. The lowest BCUT2D eigenvalue weighted by Gasteiger charge is -2.14. The van der Waals surface area contributed by atoms with Gasteiger partial charge in [0.15, 0.2) is 0 Å². The summed E-state index contributed by atoms with van der Waals surface area (Å²) in [5.74, 6) is -0.263. The molecule has 0 spiro atoms. The van der Waals surface area contributed by atoms with Crippen LogP contribution in [0, 0.1) is 0 Å². The Morgan fingerprint density at radius 2 is 1.80 bits per heavy atom. The maximum Gasteiger partial charge on any atom is 0.573 e. The average Bonchev–Trinajstić information content (AvgIpc) is 3.19. The van der Waals surface area contributed by atoms with Crippen LogP contribution in [-0.2, 0) is 21.2 Å². The molecule has 10 nitrogen and oxygen atoms in total. The zero-order valence-corrected chi connectivity index (χ0v) is 16.2. The van der Waals surface area contributed by atoms with Gasteiger partial charge in [0.25, 0.3) is 0 Å². The van der Waals surface area contributed by atoms with Crippen LogP contribution in [0.25, 0.3) is 11.4 Å². The number of rotatable bonds is 7. The highest BCUT2D eigenvalue weighted by Crippen LogP contribution is 2.27. The summed E-state index contributed by atoms with van der Waals surface area (Å²) < 4.78 is 75.5. The normalized spacial score (nSPS) is 24.9. The Morgan fingerprint density at radius 1 is 1.17 bits per heavy atom. The van der Waals surface area contributed by atoms with E-state index < -0.39 is 46.6 Å². The monoisotopic (exact) mass is 453 g/mol. The molecule has 1 fully saturated rings. The Bertz CT molecular complexity index is 965. The van der Waals surface area contributed by atoms with Crippen LogP contribution in [-0.4, -0.2) is 72.4 Å². The molecule has 0 saturated carbocycles. The van der Waals surface area contributed by atoms with Crippen LogP contribution in [0.2, 0.25) is 0 Å². The number of aliphatic hydroxyl groups excluding tert-OH is 2. The summed E-state index contributed by atoms with van der Waals surface area (Å²) in [6, 6.07) is 4.82. The number of ether oxygens (including phenoxy) is 2. The zero-order chi connectivity index (χ0) is 22.1. The molecule has 0 aliphatic carbocycles. The standard InChI is InChI=1S/C16H18F3N3O7S/c1-30(25,26)20-7-11-14(24)13(23)10(27-11)6-12-21-15(22-29-12)8-2-4-9(5-3-8)28-16(17,18)19/h2-5,10-11,13-14,20,23-24H,6-7H2,1H3/t10-,11+,13-,14+/m0/s1. The van der Waals surface area contributed by atoms with Crippen molar-refractivity contribution in [3.05, 3.63) is 30.2 Å². The van der Waals surface area contributed by atoms with Gasteiger partial charge in [-0.15, -0.1) is 13.2 Å². The van der Waals surface area contributed by atoms with Gasteiger partial charge in [-0.1, -0.05) is 5.16 Å². The van der Waals surface area contributed by atoms with Crippen molar-refractivity contribution in [2.24, 2.45) is 0 Å². The number of aliphatic hydroxyl groups is 2. The molecule has 166 valence electrons. The highest BCUT2D eigenvalue weighted by atomic mass is 32.2. The second-order valence-electron chi connectivity index (χ2n) is 6.60. The van der Waals surface area contributed by atoms with Crippen molar-refractivity contribution in [3.63, 3.8) is 0 Å². The quantitative estimate of drug-likeness (QED) is 0.536. The van der Waals surface area contributed by atoms with Gasteiger partial charge in [-0.25, -0.2) is 13.1 Å². The molecule has 3 rings (SSSR count). The van der Waals surface area contributed by atoms with Gasteiger partial charge in [0, 0.05) is 12.1 Å². The highest BCUT2D eigenvalue weighted by Gasteiger charge is 2.43. The molecule has 0 bridgehead atoms. The SMILES string of the molecule is CS(=O)(=O)NC[C@H]1O[C@@H](Cc2nc(-c3ccc(OC(F)(F)F)cc3)no2)[C@H](O)[C@@H]1O. The molecule has 1 saturated heterocycles. The fourth-order valence-electron chi connectivity index (χ4n) is 2.83. The molecule has 30 heavy (non-hydrogen) atoms. The average molecular weight is 453 g/mol. The van der Waals surface area contributed by atoms with Gasteiger partial charge in [0.2, 0.25) is 21.7 Å². The summed E-state index contributed by atoms with van der Waals surface area (Å²) in [6.07, 6.45) is -8.47. The lowest BCUT2D eigenvalue weighted by atomic mass is 10.1. The van der Waals surface area contributed by atoms with Crippen LogP contribution in [0.5, 0.6) is 5.75 Å². The molecule has 1 aliphatic rings. The second kappa shape index (κ2) is 8.47. The van der Waals surface area contributed by atoms with Gasteiger partial charge in [-0.3, -0.25) is 0 Å². The molecular formula is C16H18F3N3O7S. The Hall–Kier alpha value is -2.26. The van der Waals surface area contributed by atoms with Gasteiger partial charge in [-0.2, -0.15) is 4.98 Å². The van der Waals surface area contributed by atoms with E-state index >= 15 is 0 Å². The number of nitrogens with one attached hydrogen (secondary N) is 1. The third kappa shape index (κ3) is 5.89. The smallest absolute Gasteiger partial charge is 0.406 e. The number of hydrogen-bond donors (Lipinski definition) is 3. The summed E-state index contributed by atoms with van der Waals surface area (Å²) in [5.41, 5.74) is 0.364. The first kappa shape index (κ1) is 22.4. The van der Waals surface area contributed by atoms with E-state index in [0.717, 1.165) is 18.4 Å². The zero-order valence-electron chi connectivity index (χ0n) is 15.4. The number of sulfonamides is 1. The van der Waals surface area contributed by atoms with E-state index in [2.05, 4.69) is 19.6 Å². The molecule has 2 heterocycles. The summed E-state index contributed by atoms with van der Waals surface area (Å²) in [4.78, 5) is 4.09. The van der Waals surface area contributed by atoms with E-state index in [1.165, 1.54) is 12.1 Å². The molecular weight excluding hydrogens is 435 g/mol. The largest absolute Gasteiger partial charge is 0.573 e. The van der Waals surface area contributed by atoms with Gasteiger partial charge in [-0.05, 0) is 24.3 Å². The third-order valence-corrected chi connectivity index (χ3v) is 4.89. The molecule has 3 N–H and O–H groups in total. The Balaban J connectivity index is 1.62. The van der Waals surface area contributed by atoms with Crippen LogP contribution >= 0.6 is 0 Å². The first-order chi connectivity index (χ1) is 13.9. The minimum atomic E-state index is -4.80. The number of hydrogen-bond acceptors (Lipinski definition) is 9. The second-order valence-corrected chi connectivity index (χ2v) is 8.44. The summed E-state index contributed by atoms with van der Waals surface area (Å²) in [5, 5.41) is 23.9. The molecule has 1 aliphatic heterocycles. The minimum Gasteiger partial charge on any atom is -0.406 e. The first-order valence-electron chi connectivity index (χ1n) is 8.56. The van der Waals surface area contributed by atoms with E-state index in [1.807, 2.05) is 0 Å². The molecule has 0 unspecified atom stereocenters. The van der Waals surface area contributed by atoms with Crippen LogP contribution in [0.15, 0.2) is 28.8 Å². The molecule has 14 heteroatoms. The van der Waals surface area contributed by atoms with E-state index in [9.17, 15) is 31.8 Å². The fourth-order valence-corrected chi connectivity index (χ4v) is 3.30. The van der Waals surface area contributed by atoms with Gasteiger partial charge in [0.1, 0.15) is 24.1 Å². The van der Waals surface area contributed by atoms with Crippen LogP contribution in [0.1, 0.15) is 5.89 Å². The van der Waals surface area contributed by atoms with Crippen molar-refractivity contribution < 1.29 is 45.8 Å². The van der Waals surface area contributed by atoms with E-state index in [1.54, 1.807) is 0 Å². The molecule has 4 atom stereocenters. The van der Waals surface area contributed by atoms with Gasteiger partial charge in [0.05, 0.1) is 18.8 Å². The lowest BCUT2D eigenvalue weighted by molar-refractivity contribution is -0.274.